The second kappa shape index (κ2) is 22.7. The van der Waals surface area contributed by atoms with Crippen LogP contribution in [0.1, 0.15) is 45.4 Å². The molecule has 0 rings (SSSR count). The molecule has 0 aromatic rings. The molecule has 0 atom stereocenters. The monoisotopic (exact) mass is 225 g/mol. The molecule has 0 heterocycles. The molecule has 3 heteroatoms. The van der Waals surface area contributed by atoms with Gasteiger partial charge in [0.1, 0.15) is 0 Å². The predicted molar refractivity (Wildman–Crippen MR) is 53.8 cm³/mol. The SMILES string of the molecule is CCCCCCCC[S-].CO.[Ti]. The van der Waals surface area contributed by atoms with E-state index in [0.717, 1.165) is 12.9 Å². The third kappa shape index (κ3) is 22.5. The number of aliphatic hydroxyl groups excluding tert-OH is 1. The minimum absolute atomic E-state index is 0. The van der Waals surface area contributed by atoms with Gasteiger partial charge in [-0.15, -0.1) is 0 Å². The van der Waals surface area contributed by atoms with Crippen molar-refractivity contribution < 1.29 is 26.8 Å². The molecular weight excluding hydrogens is 204 g/mol. The van der Waals surface area contributed by atoms with Gasteiger partial charge in [-0.2, -0.15) is 5.75 Å². The van der Waals surface area contributed by atoms with Crippen LogP contribution in [0.5, 0.6) is 0 Å². The van der Waals surface area contributed by atoms with Crippen molar-refractivity contribution in [3.05, 3.63) is 0 Å². The average Bonchev–Trinajstić information content (AvgIpc) is 2.08. The summed E-state index contributed by atoms with van der Waals surface area (Å²) in [5, 5.41) is 7.00. The van der Waals surface area contributed by atoms with E-state index >= 15 is 0 Å². The van der Waals surface area contributed by atoms with Gasteiger partial charge in [0.05, 0.1) is 0 Å². The van der Waals surface area contributed by atoms with Crippen molar-refractivity contribution in [2.45, 2.75) is 45.4 Å². The molecule has 1 nitrogen and oxygen atoms in total. The summed E-state index contributed by atoms with van der Waals surface area (Å²) in [5.74, 6) is 0.951. The van der Waals surface area contributed by atoms with Crippen molar-refractivity contribution in [3.63, 3.8) is 0 Å². The molecule has 0 aromatic heterocycles. The van der Waals surface area contributed by atoms with Gasteiger partial charge in [-0.3, -0.25) is 0 Å². The quantitative estimate of drug-likeness (QED) is 0.426. The topological polar surface area (TPSA) is 20.2 Å². The summed E-state index contributed by atoms with van der Waals surface area (Å²) < 4.78 is 0. The molecule has 0 saturated heterocycles. The Hall–Kier alpha value is 1.02. The number of rotatable bonds is 6. The Labute approximate surface area is 97.6 Å². The van der Waals surface area contributed by atoms with E-state index < -0.39 is 0 Å². The maximum atomic E-state index is 7.00. The Kier molecular flexibility index (Phi) is 35.4. The third-order valence-corrected chi connectivity index (χ3v) is 1.79. The predicted octanol–water partition coefficient (Wildman–Crippen LogP) is 2.50. The zero-order chi connectivity index (χ0) is 8.95. The van der Waals surface area contributed by atoms with Crippen LogP contribution in [0.2, 0.25) is 0 Å². The van der Waals surface area contributed by atoms with Gasteiger partial charge in [-0.25, -0.2) is 0 Å². The summed E-state index contributed by atoms with van der Waals surface area (Å²) in [5.41, 5.74) is 0. The van der Waals surface area contributed by atoms with Crippen LogP contribution < -0.4 is 0 Å². The van der Waals surface area contributed by atoms with Crippen LogP contribution in [0.15, 0.2) is 0 Å². The van der Waals surface area contributed by atoms with Crippen LogP contribution in [0.4, 0.5) is 0 Å². The molecule has 0 aliphatic heterocycles. The van der Waals surface area contributed by atoms with Gasteiger partial charge < -0.3 is 17.7 Å². The third-order valence-electron chi connectivity index (χ3n) is 1.50. The van der Waals surface area contributed by atoms with Gasteiger partial charge in [0.25, 0.3) is 0 Å². The maximum absolute atomic E-state index is 7.00. The Morgan fingerprint density at radius 1 is 0.917 bits per heavy atom. The van der Waals surface area contributed by atoms with Gasteiger partial charge in [-0.1, -0.05) is 45.4 Å². The minimum Gasteiger partial charge on any atom is -0.793 e. The molecule has 0 saturated carbocycles. The second-order valence-electron chi connectivity index (χ2n) is 2.47. The van der Waals surface area contributed by atoms with E-state index in [9.17, 15) is 0 Å². The number of unbranched alkanes of at least 4 members (excludes halogenated alkanes) is 5. The Bertz CT molecular complexity index is 47.8. The van der Waals surface area contributed by atoms with Crippen molar-refractivity contribution in [2.75, 3.05) is 12.9 Å². The van der Waals surface area contributed by atoms with E-state index in [-0.39, 0.29) is 21.7 Å². The first-order valence-corrected chi connectivity index (χ1v) is 5.02. The normalized spacial score (nSPS) is 8.00. The van der Waals surface area contributed by atoms with E-state index in [1.165, 1.54) is 38.5 Å². The van der Waals surface area contributed by atoms with Gasteiger partial charge in [-0.05, 0) is 0 Å². The van der Waals surface area contributed by atoms with Crippen molar-refractivity contribution in [2.24, 2.45) is 0 Å². The van der Waals surface area contributed by atoms with Crippen molar-refractivity contribution in [1.82, 2.24) is 0 Å². The fourth-order valence-corrected chi connectivity index (χ4v) is 1.09. The van der Waals surface area contributed by atoms with Crippen LogP contribution in [0, 0.1) is 0 Å². The molecule has 0 bridgehead atoms. The minimum atomic E-state index is 0. The van der Waals surface area contributed by atoms with Crippen LogP contribution in [-0.4, -0.2) is 18.0 Å². The summed E-state index contributed by atoms with van der Waals surface area (Å²) in [6, 6.07) is 0. The van der Waals surface area contributed by atoms with Crippen molar-refractivity contribution >= 4 is 12.6 Å². The molecule has 74 valence electrons. The average molecular weight is 225 g/mol. The van der Waals surface area contributed by atoms with Crippen LogP contribution in [0.3, 0.4) is 0 Å². The molecule has 0 radical (unpaired) electrons. The van der Waals surface area contributed by atoms with Gasteiger partial charge in [0.15, 0.2) is 0 Å². The second-order valence-corrected chi connectivity index (χ2v) is 2.88. The van der Waals surface area contributed by atoms with Crippen LogP contribution in [0.25, 0.3) is 0 Å². The molecule has 0 aliphatic rings. The summed E-state index contributed by atoms with van der Waals surface area (Å²) in [6.07, 6.45) is 8.14. The zero-order valence-corrected chi connectivity index (χ0v) is 10.7. The standard InChI is InChI=1S/C8H18S.CH4O.Ti/c1-2-3-4-5-6-7-8-9;1-2;/h9H,2-8H2,1H3;2H,1H3;/p-1. The number of aliphatic hydroxyl groups is 1. The van der Waals surface area contributed by atoms with Crippen LogP contribution >= 0.6 is 0 Å². The Morgan fingerprint density at radius 2 is 1.33 bits per heavy atom. The molecule has 0 amide bonds. The molecule has 0 spiro atoms. The number of hydrogen-bond acceptors (Lipinski definition) is 2. The summed E-state index contributed by atoms with van der Waals surface area (Å²) in [6.45, 7) is 2.24. The Morgan fingerprint density at radius 3 is 1.75 bits per heavy atom. The fraction of sp³-hybridized carbons (Fsp3) is 1.00. The maximum Gasteiger partial charge on any atom is 0.0319 e. The van der Waals surface area contributed by atoms with Gasteiger partial charge >= 0.3 is 0 Å². The van der Waals surface area contributed by atoms with Crippen molar-refractivity contribution in [3.8, 4) is 0 Å². The van der Waals surface area contributed by atoms with Gasteiger partial charge in [0, 0.05) is 28.8 Å². The van der Waals surface area contributed by atoms with Crippen molar-refractivity contribution in [1.29, 1.82) is 0 Å². The smallest absolute Gasteiger partial charge is 0.0319 e. The molecular formula is C9H21OSTi-. The van der Waals surface area contributed by atoms with Crippen LogP contribution in [-0.2, 0) is 34.3 Å². The number of hydrogen-bond donors (Lipinski definition) is 1. The summed E-state index contributed by atoms with van der Waals surface area (Å²) >= 11 is 4.83. The zero-order valence-electron chi connectivity index (χ0n) is 8.31. The molecule has 0 aliphatic carbocycles. The molecule has 1 N–H and O–H groups in total. The first-order chi connectivity index (χ1) is 5.41. The first-order valence-electron chi connectivity index (χ1n) is 4.44. The fourth-order valence-electron chi connectivity index (χ4n) is 0.882. The van der Waals surface area contributed by atoms with E-state index in [2.05, 4.69) is 6.92 Å². The van der Waals surface area contributed by atoms with E-state index in [0.29, 0.717) is 0 Å². The summed E-state index contributed by atoms with van der Waals surface area (Å²) in [7, 11) is 1.00. The van der Waals surface area contributed by atoms with Gasteiger partial charge in [0.2, 0.25) is 0 Å². The Balaban J connectivity index is -0.000000249. The first kappa shape index (κ1) is 18.7. The van der Waals surface area contributed by atoms with E-state index in [1.807, 2.05) is 0 Å². The van der Waals surface area contributed by atoms with E-state index in [1.54, 1.807) is 0 Å². The molecule has 12 heavy (non-hydrogen) atoms. The molecule has 0 unspecified atom stereocenters. The molecule has 0 aromatic carbocycles. The molecule has 0 fully saturated rings. The largest absolute Gasteiger partial charge is 0.793 e. The van der Waals surface area contributed by atoms with E-state index in [4.69, 9.17) is 17.7 Å². The summed E-state index contributed by atoms with van der Waals surface area (Å²) in [4.78, 5) is 0.